The van der Waals surface area contributed by atoms with E-state index in [-0.39, 0.29) is 5.56 Å². The minimum Gasteiger partial charge on any atom is -0.478 e. The number of hydrogen-bond donors (Lipinski definition) is 1. The lowest BCUT2D eigenvalue weighted by Gasteiger charge is -2.22. The molecule has 1 N–H and O–H groups in total. The molecule has 1 aromatic heterocycles. The van der Waals surface area contributed by atoms with Gasteiger partial charge in [0.15, 0.2) is 0 Å². The van der Waals surface area contributed by atoms with Crippen molar-refractivity contribution in [2.45, 2.75) is 40.5 Å². The molecule has 0 fully saturated rings. The number of rotatable bonds is 4. The number of carboxylic acid groups (broad SMARTS) is 1. The molecule has 0 spiro atoms. The van der Waals surface area contributed by atoms with Crippen LogP contribution in [0.5, 0.6) is 0 Å². The van der Waals surface area contributed by atoms with Crippen molar-refractivity contribution in [2.75, 3.05) is 0 Å². The van der Waals surface area contributed by atoms with Gasteiger partial charge in [-0.15, -0.1) is 0 Å². The van der Waals surface area contributed by atoms with Crippen LogP contribution >= 0.6 is 0 Å². The normalized spacial score (nSPS) is 13.6. The molecule has 1 heterocycles. The maximum Gasteiger partial charge on any atom is 0.335 e. The van der Waals surface area contributed by atoms with E-state index in [2.05, 4.69) is 37.2 Å². The zero-order valence-corrected chi connectivity index (χ0v) is 13.5. The van der Waals surface area contributed by atoms with Gasteiger partial charge in [0.2, 0.25) is 0 Å². The molecule has 4 nitrogen and oxygen atoms in total. The zero-order chi connectivity index (χ0) is 15.8. The summed E-state index contributed by atoms with van der Waals surface area (Å²) in [5.41, 5.74) is 2.34. The van der Waals surface area contributed by atoms with Crippen LogP contribution in [0.2, 0.25) is 0 Å². The summed E-state index contributed by atoms with van der Waals surface area (Å²) >= 11 is 0. The van der Waals surface area contributed by atoms with Crippen LogP contribution in [-0.2, 0) is 13.5 Å². The predicted octanol–water partition coefficient (Wildman–Crippen LogP) is 3.89. The van der Waals surface area contributed by atoms with E-state index in [1.54, 1.807) is 12.1 Å². The Morgan fingerprint density at radius 2 is 2.05 bits per heavy atom. The van der Waals surface area contributed by atoms with Crippen LogP contribution in [0.15, 0.2) is 18.2 Å². The van der Waals surface area contributed by atoms with Crippen LogP contribution in [0, 0.1) is 11.3 Å². The molecule has 4 heteroatoms. The van der Waals surface area contributed by atoms with Crippen LogP contribution in [0.3, 0.4) is 0 Å². The Hall–Kier alpha value is -1.84. The third-order valence-corrected chi connectivity index (χ3v) is 3.71. The molecular formula is C17H24N2O2. The number of aryl methyl sites for hydroxylation is 1. The van der Waals surface area contributed by atoms with Gasteiger partial charge >= 0.3 is 5.97 Å². The molecule has 1 unspecified atom stereocenters. The number of aromatic carboxylic acids is 1. The monoisotopic (exact) mass is 288 g/mol. The third kappa shape index (κ3) is 3.63. The zero-order valence-electron chi connectivity index (χ0n) is 13.5. The third-order valence-electron chi connectivity index (χ3n) is 3.71. The topological polar surface area (TPSA) is 55.1 Å². The second-order valence-electron chi connectivity index (χ2n) is 7.17. The van der Waals surface area contributed by atoms with Gasteiger partial charge in [-0.2, -0.15) is 0 Å². The lowest BCUT2D eigenvalue weighted by molar-refractivity contribution is 0.0697. The smallest absolute Gasteiger partial charge is 0.335 e. The highest BCUT2D eigenvalue weighted by Gasteiger charge is 2.18. The van der Waals surface area contributed by atoms with Gasteiger partial charge in [0.05, 0.1) is 16.6 Å². The summed E-state index contributed by atoms with van der Waals surface area (Å²) in [6.45, 7) is 8.99. The highest BCUT2D eigenvalue weighted by atomic mass is 16.4. The van der Waals surface area contributed by atoms with E-state index in [9.17, 15) is 4.79 Å². The Balaban J connectivity index is 2.29. The quantitative estimate of drug-likeness (QED) is 0.928. The molecule has 2 rings (SSSR count). The molecule has 0 aliphatic rings. The number of imidazole rings is 1. The van der Waals surface area contributed by atoms with E-state index < -0.39 is 5.97 Å². The van der Waals surface area contributed by atoms with Gasteiger partial charge in [0.1, 0.15) is 5.82 Å². The van der Waals surface area contributed by atoms with E-state index >= 15 is 0 Å². The number of carboxylic acids is 1. The predicted molar refractivity (Wildman–Crippen MR) is 84.6 cm³/mol. The average Bonchev–Trinajstić information content (AvgIpc) is 2.63. The van der Waals surface area contributed by atoms with Gasteiger partial charge in [-0.3, -0.25) is 0 Å². The highest BCUT2D eigenvalue weighted by Crippen LogP contribution is 2.27. The van der Waals surface area contributed by atoms with E-state index in [0.717, 1.165) is 29.7 Å². The fraction of sp³-hybridized carbons (Fsp3) is 0.529. The minimum absolute atomic E-state index is 0.287. The molecular weight excluding hydrogens is 264 g/mol. The summed E-state index contributed by atoms with van der Waals surface area (Å²) in [6.07, 6.45) is 2.04. The summed E-state index contributed by atoms with van der Waals surface area (Å²) in [7, 11) is 1.99. The van der Waals surface area contributed by atoms with Crippen LogP contribution in [0.25, 0.3) is 11.0 Å². The molecule has 1 atom stereocenters. The summed E-state index contributed by atoms with van der Waals surface area (Å²) < 4.78 is 2.07. The van der Waals surface area contributed by atoms with E-state index in [0.29, 0.717) is 11.3 Å². The van der Waals surface area contributed by atoms with Crippen molar-refractivity contribution in [3.63, 3.8) is 0 Å². The van der Waals surface area contributed by atoms with Crippen LogP contribution in [0.4, 0.5) is 0 Å². The molecule has 0 saturated carbocycles. The molecule has 0 saturated heterocycles. The van der Waals surface area contributed by atoms with Gasteiger partial charge in [-0.25, -0.2) is 9.78 Å². The summed E-state index contributed by atoms with van der Waals surface area (Å²) in [4.78, 5) is 15.7. The van der Waals surface area contributed by atoms with E-state index in [1.165, 1.54) is 0 Å². The Morgan fingerprint density at radius 3 is 2.62 bits per heavy atom. The lowest BCUT2D eigenvalue weighted by atomic mass is 9.84. The van der Waals surface area contributed by atoms with Crippen molar-refractivity contribution < 1.29 is 9.90 Å². The summed E-state index contributed by atoms with van der Waals surface area (Å²) in [6, 6.07) is 5.12. The molecule has 0 amide bonds. The average molecular weight is 288 g/mol. The fourth-order valence-electron chi connectivity index (χ4n) is 2.99. The summed E-state index contributed by atoms with van der Waals surface area (Å²) in [5, 5.41) is 9.06. The van der Waals surface area contributed by atoms with Gasteiger partial charge < -0.3 is 9.67 Å². The Bertz CT molecular complexity index is 665. The number of benzene rings is 1. The van der Waals surface area contributed by atoms with Crippen LogP contribution in [-0.4, -0.2) is 20.6 Å². The Labute approximate surface area is 125 Å². The van der Waals surface area contributed by atoms with Gasteiger partial charge in [-0.05, 0) is 36.0 Å². The minimum atomic E-state index is -0.912. The number of fused-ring (bicyclic) bond motifs is 1. The number of hydrogen-bond acceptors (Lipinski definition) is 2. The Morgan fingerprint density at radius 1 is 1.38 bits per heavy atom. The molecule has 0 bridgehead atoms. The van der Waals surface area contributed by atoms with Crippen molar-refractivity contribution in [1.82, 2.24) is 9.55 Å². The first-order chi connectivity index (χ1) is 9.67. The molecule has 2 aromatic rings. The largest absolute Gasteiger partial charge is 0.478 e. The van der Waals surface area contributed by atoms with Crippen molar-refractivity contribution in [3.8, 4) is 0 Å². The lowest BCUT2D eigenvalue weighted by Crippen LogP contribution is -2.14. The molecule has 0 aliphatic carbocycles. The molecule has 0 aliphatic heterocycles. The van der Waals surface area contributed by atoms with E-state index in [1.807, 2.05) is 13.1 Å². The first kappa shape index (κ1) is 15.5. The summed E-state index contributed by atoms with van der Waals surface area (Å²) in [5.74, 6) is 0.647. The highest BCUT2D eigenvalue weighted by molar-refractivity contribution is 5.92. The van der Waals surface area contributed by atoms with E-state index in [4.69, 9.17) is 5.11 Å². The second kappa shape index (κ2) is 5.51. The first-order valence-corrected chi connectivity index (χ1v) is 7.36. The van der Waals surface area contributed by atoms with Crippen molar-refractivity contribution in [1.29, 1.82) is 0 Å². The molecule has 0 radical (unpaired) electrons. The Kier molecular flexibility index (Phi) is 4.08. The van der Waals surface area contributed by atoms with Gasteiger partial charge in [-0.1, -0.05) is 27.7 Å². The maximum atomic E-state index is 11.0. The maximum absolute atomic E-state index is 11.0. The van der Waals surface area contributed by atoms with Crippen LogP contribution < -0.4 is 0 Å². The van der Waals surface area contributed by atoms with Gasteiger partial charge in [0.25, 0.3) is 0 Å². The molecule has 21 heavy (non-hydrogen) atoms. The second-order valence-corrected chi connectivity index (χ2v) is 7.17. The number of carbonyl (C=O) groups is 1. The molecule has 1 aromatic carbocycles. The van der Waals surface area contributed by atoms with Gasteiger partial charge in [0, 0.05) is 13.5 Å². The number of aromatic nitrogens is 2. The number of nitrogens with zero attached hydrogens (tertiary/aromatic N) is 2. The van der Waals surface area contributed by atoms with Crippen molar-refractivity contribution >= 4 is 17.0 Å². The fourth-order valence-corrected chi connectivity index (χ4v) is 2.99. The van der Waals surface area contributed by atoms with Crippen molar-refractivity contribution in [2.24, 2.45) is 18.4 Å². The standard InChI is InChI=1S/C17H24N2O2/c1-11(10-17(2,3)4)8-15-18-13-9-12(16(20)21)6-7-14(13)19(15)5/h6-7,9,11H,8,10H2,1-5H3,(H,20,21). The van der Waals surface area contributed by atoms with Crippen LogP contribution in [0.1, 0.15) is 50.3 Å². The van der Waals surface area contributed by atoms with Crippen molar-refractivity contribution in [3.05, 3.63) is 29.6 Å². The SMILES string of the molecule is CC(Cc1nc2cc(C(=O)O)ccc2n1C)CC(C)(C)C. The molecule has 114 valence electrons. The first-order valence-electron chi connectivity index (χ1n) is 7.36.